The fourth-order valence-electron chi connectivity index (χ4n) is 0.116. The van der Waals surface area contributed by atoms with Crippen molar-refractivity contribution >= 4 is 12.2 Å². The van der Waals surface area contributed by atoms with E-state index in [9.17, 15) is 19.7 Å². The highest BCUT2D eigenvalue weighted by atomic mass is 16.7. The summed E-state index contributed by atoms with van der Waals surface area (Å²) in [7, 11) is 0. The second-order valence-corrected chi connectivity index (χ2v) is 0.851. The molecule has 1 N–H and O–H groups in total. The molecule has 0 radical (unpaired) electrons. The highest BCUT2D eigenvalue weighted by Crippen LogP contribution is 1.55. The lowest BCUT2D eigenvalue weighted by molar-refractivity contribution is -0.529. The number of aldehydes is 1. The van der Waals surface area contributed by atoms with Crippen LogP contribution in [0.3, 0.4) is 0 Å². The van der Waals surface area contributed by atoms with Crippen molar-refractivity contribution in [1.82, 2.24) is 5.43 Å². The Labute approximate surface area is 43.6 Å². The Morgan fingerprint density at radius 3 is 2.38 bits per heavy atom. The topological polar surface area (TPSA) is 89.3 Å². The Morgan fingerprint density at radius 2 is 2.25 bits per heavy atom. The van der Waals surface area contributed by atoms with Crippen molar-refractivity contribution in [3.05, 3.63) is 10.1 Å². The molecule has 0 unspecified atom stereocenters. The molecule has 0 atom stereocenters. The smallest absolute Gasteiger partial charge is 0.292 e. The van der Waals surface area contributed by atoms with E-state index in [1.54, 1.807) is 0 Å². The zero-order valence-electron chi connectivity index (χ0n) is 3.66. The number of carbonyl (C=O) groups is 2. The first-order valence-corrected chi connectivity index (χ1v) is 1.57. The lowest BCUT2D eigenvalue weighted by Crippen LogP contribution is -2.29. The molecule has 0 aliphatic carbocycles. The third-order valence-corrected chi connectivity index (χ3v) is 0.309. The van der Waals surface area contributed by atoms with Crippen molar-refractivity contribution in [2.24, 2.45) is 0 Å². The maximum atomic E-state index is 9.70. The van der Waals surface area contributed by atoms with Crippen molar-refractivity contribution in [2.45, 2.75) is 0 Å². The lowest BCUT2D eigenvalue weighted by atomic mass is 10.7. The van der Waals surface area contributed by atoms with Gasteiger partial charge in [-0.25, -0.2) is 10.1 Å². The van der Waals surface area contributed by atoms with Crippen LogP contribution in [0.25, 0.3) is 0 Å². The van der Waals surface area contributed by atoms with Gasteiger partial charge < -0.3 is 0 Å². The Balaban J connectivity index is 3.55. The number of hydrogen-bond acceptors (Lipinski definition) is 4. The summed E-state index contributed by atoms with van der Waals surface area (Å²) in [6.45, 7) is 0. The molecule has 0 aliphatic rings. The van der Waals surface area contributed by atoms with Gasteiger partial charge in [-0.1, -0.05) is 5.43 Å². The van der Waals surface area contributed by atoms with E-state index in [0.717, 1.165) is 5.43 Å². The molecular weight excluding hydrogens is 116 g/mol. The number of nitrogens with zero attached hydrogens (tertiary/aromatic N) is 1. The van der Waals surface area contributed by atoms with E-state index in [1.807, 2.05) is 0 Å². The average Bonchev–Trinajstić information content (AvgIpc) is 1.65. The average molecular weight is 118 g/mol. The maximum Gasteiger partial charge on any atom is 0.342 e. The molecule has 0 aromatic rings. The van der Waals surface area contributed by atoms with Gasteiger partial charge in [-0.2, -0.15) is 0 Å². The fraction of sp³-hybridized carbons (Fsp3) is 0. The molecule has 0 saturated heterocycles. The SMILES string of the molecule is O=CC(=O)N[N+](=O)[O-]. The predicted octanol–water partition coefficient (Wildman–Crippen LogP) is -1.51. The molecule has 0 heterocycles. The first kappa shape index (κ1) is 6.54. The molecule has 0 aromatic heterocycles. The lowest BCUT2D eigenvalue weighted by Gasteiger charge is -1.82. The molecule has 8 heavy (non-hydrogen) atoms. The van der Waals surface area contributed by atoms with Crippen molar-refractivity contribution in [3.63, 3.8) is 0 Å². The Bertz CT molecular complexity index is 130. The van der Waals surface area contributed by atoms with Gasteiger partial charge in [-0.05, 0) is 0 Å². The van der Waals surface area contributed by atoms with Crippen LogP contribution in [0, 0.1) is 10.1 Å². The van der Waals surface area contributed by atoms with Crippen molar-refractivity contribution in [3.8, 4) is 0 Å². The molecule has 6 nitrogen and oxygen atoms in total. The summed E-state index contributed by atoms with van der Waals surface area (Å²) < 4.78 is 0. The zero-order valence-corrected chi connectivity index (χ0v) is 3.66. The standard InChI is InChI=1S/C2H2N2O4/c5-1-2(6)3-4(7)8/h1H,(H,3,6). The molecule has 0 fully saturated rings. The molecule has 44 valence electrons. The fourth-order valence-corrected chi connectivity index (χ4v) is 0.116. The minimum atomic E-state index is -1.25. The van der Waals surface area contributed by atoms with Crippen molar-refractivity contribution in [1.29, 1.82) is 0 Å². The van der Waals surface area contributed by atoms with Gasteiger partial charge in [0.15, 0.2) is 5.03 Å². The van der Waals surface area contributed by atoms with E-state index >= 15 is 0 Å². The molecule has 0 aromatic carbocycles. The summed E-state index contributed by atoms with van der Waals surface area (Å²) in [6, 6.07) is 0. The minimum absolute atomic E-state index is 0.178. The summed E-state index contributed by atoms with van der Waals surface area (Å²) >= 11 is 0. The van der Waals surface area contributed by atoms with E-state index in [2.05, 4.69) is 0 Å². The van der Waals surface area contributed by atoms with Gasteiger partial charge >= 0.3 is 5.91 Å². The van der Waals surface area contributed by atoms with E-state index in [-0.39, 0.29) is 6.29 Å². The summed E-state index contributed by atoms with van der Waals surface area (Å²) in [5.41, 5.74) is 1.11. The highest BCUT2D eigenvalue weighted by Gasteiger charge is 2.01. The second-order valence-electron chi connectivity index (χ2n) is 0.851. The van der Waals surface area contributed by atoms with Gasteiger partial charge in [0, 0.05) is 0 Å². The summed E-state index contributed by atoms with van der Waals surface area (Å²) in [5.74, 6) is -1.25. The number of carbonyl (C=O) groups excluding carboxylic acids is 2. The van der Waals surface area contributed by atoms with Gasteiger partial charge in [0.2, 0.25) is 6.29 Å². The first-order valence-electron chi connectivity index (χ1n) is 1.57. The van der Waals surface area contributed by atoms with E-state index in [4.69, 9.17) is 0 Å². The summed E-state index contributed by atoms with van der Waals surface area (Å²) in [6.07, 6.45) is -0.178. The van der Waals surface area contributed by atoms with Crippen LogP contribution < -0.4 is 5.43 Å². The first-order chi connectivity index (χ1) is 3.66. The Hall–Kier alpha value is -1.46. The van der Waals surface area contributed by atoms with Gasteiger partial charge in [0.1, 0.15) is 0 Å². The maximum absolute atomic E-state index is 9.70. The number of nitrogens with one attached hydrogen (secondary N) is 1. The zero-order chi connectivity index (χ0) is 6.57. The van der Waals surface area contributed by atoms with Gasteiger partial charge in [-0.15, -0.1) is 0 Å². The predicted molar refractivity (Wildman–Crippen MR) is 21.2 cm³/mol. The van der Waals surface area contributed by atoms with Crippen LogP contribution in [-0.2, 0) is 9.59 Å². The van der Waals surface area contributed by atoms with Crippen LogP contribution >= 0.6 is 0 Å². The highest BCUT2D eigenvalue weighted by molar-refractivity contribution is 6.23. The molecule has 0 aliphatic heterocycles. The number of amides is 1. The minimum Gasteiger partial charge on any atom is -0.292 e. The molecule has 0 saturated carbocycles. The second kappa shape index (κ2) is 2.67. The number of hydrogen-bond donors (Lipinski definition) is 1. The van der Waals surface area contributed by atoms with Crippen molar-refractivity contribution in [2.75, 3.05) is 0 Å². The summed E-state index contributed by atoms with van der Waals surface area (Å²) in [4.78, 5) is 28.3. The normalized spacial score (nSPS) is 7.50. The van der Waals surface area contributed by atoms with Crippen LogP contribution in [0.2, 0.25) is 0 Å². The Kier molecular flexibility index (Phi) is 2.18. The van der Waals surface area contributed by atoms with Crippen LogP contribution in [0.1, 0.15) is 0 Å². The molecule has 0 spiro atoms. The third-order valence-electron chi connectivity index (χ3n) is 0.309. The number of hydrazine groups is 1. The van der Waals surface area contributed by atoms with Crippen LogP contribution in [0.4, 0.5) is 0 Å². The van der Waals surface area contributed by atoms with Crippen molar-refractivity contribution < 1.29 is 14.6 Å². The van der Waals surface area contributed by atoms with Gasteiger partial charge in [0.05, 0.1) is 0 Å². The van der Waals surface area contributed by atoms with Crippen LogP contribution in [-0.4, -0.2) is 17.2 Å². The molecule has 0 bridgehead atoms. The van der Waals surface area contributed by atoms with Crippen LogP contribution in [0.15, 0.2) is 0 Å². The molecule has 0 rings (SSSR count). The largest absolute Gasteiger partial charge is 0.342 e. The summed E-state index contributed by atoms with van der Waals surface area (Å²) in [5, 5.41) is 8.18. The van der Waals surface area contributed by atoms with E-state index in [0.29, 0.717) is 0 Å². The molecule has 6 heteroatoms. The van der Waals surface area contributed by atoms with E-state index in [1.165, 1.54) is 0 Å². The Morgan fingerprint density at radius 1 is 1.75 bits per heavy atom. The quantitative estimate of drug-likeness (QED) is 0.206. The van der Waals surface area contributed by atoms with E-state index < -0.39 is 10.9 Å². The molecule has 1 amide bonds. The monoisotopic (exact) mass is 118 g/mol. The number of rotatable bonds is 2. The van der Waals surface area contributed by atoms with Gasteiger partial charge in [-0.3, -0.25) is 9.59 Å². The van der Waals surface area contributed by atoms with Gasteiger partial charge in [0.25, 0.3) is 0 Å². The van der Waals surface area contributed by atoms with Crippen LogP contribution in [0.5, 0.6) is 0 Å². The number of nitro groups is 1. The third kappa shape index (κ3) is 2.76. The molecular formula is C2H2N2O4.